The molecule has 6 heteroatoms. The summed E-state index contributed by atoms with van der Waals surface area (Å²) in [7, 11) is 1.30. The molecule has 0 saturated carbocycles. The van der Waals surface area contributed by atoms with E-state index in [1.165, 1.54) is 12.0 Å². The van der Waals surface area contributed by atoms with Crippen molar-refractivity contribution in [2.45, 2.75) is 33.7 Å². The van der Waals surface area contributed by atoms with Crippen molar-refractivity contribution in [1.29, 1.82) is 0 Å². The van der Waals surface area contributed by atoms with Gasteiger partial charge in [-0.25, -0.2) is 0 Å². The first-order chi connectivity index (χ1) is 8.86. The van der Waals surface area contributed by atoms with Crippen LogP contribution >= 0.6 is 0 Å². The zero-order chi connectivity index (χ0) is 14.6. The highest BCUT2D eigenvalue weighted by Crippen LogP contribution is 2.12. The van der Waals surface area contributed by atoms with Gasteiger partial charge in [-0.2, -0.15) is 10.2 Å². The van der Waals surface area contributed by atoms with E-state index in [0.717, 1.165) is 0 Å². The summed E-state index contributed by atoms with van der Waals surface area (Å²) in [6.45, 7) is 7.10. The lowest BCUT2D eigenvalue weighted by Crippen LogP contribution is -2.41. The molecule has 0 bridgehead atoms. The maximum Gasteiger partial charge on any atom is 0.325 e. The monoisotopic (exact) mass is 265 g/mol. The Bertz CT molecular complexity index is 486. The van der Waals surface area contributed by atoms with Crippen molar-refractivity contribution < 1.29 is 14.3 Å². The molecule has 6 nitrogen and oxygen atoms in total. The molecule has 1 aromatic heterocycles. The largest absolute Gasteiger partial charge is 0.468 e. The van der Waals surface area contributed by atoms with Crippen LogP contribution in [-0.4, -0.2) is 46.7 Å². The summed E-state index contributed by atoms with van der Waals surface area (Å²) in [5, 5.41) is 7.82. The second kappa shape index (κ2) is 6.26. The van der Waals surface area contributed by atoms with Gasteiger partial charge in [0.25, 0.3) is 5.91 Å². The smallest absolute Gasteiger partial charge is 0.325 e. The first kappa shape index (κ1) is 15.1. The molecule has 1 amide bonds. The van der Waals surface area contributed by atoms with E-state index >= 15 is 0 Å². The third-order valence-corrected chi connectivity index (χ3v) is 2.74. The van der Waals surface area contributed by atoms with Gasteiger partial charge in [0.2, 0.25) is 0 Å². The fraction of sp³-hybridized carbons (Fsp3) is 0.538. The molecule has 0 radical (unpaired) electrons. The topological polar surface area (TPSA) is 72.4 Å². The van der Waals surface area contributed by atoms with Crippen molar-refractivity contribution in [3.05, 3.63) is 23.0 Å². The van der Waals surface area contributed by atoms with E-state index in [9.17, 15) is 9.59 Å². The Balaban J connectivity index is 3.05. The molecular formula is C13H19N3O3. The quantitative estimate of drug-likeness (QED) is 0.763. The predicted molar refractivity (Wildman–Crippen MR) is 69.7 cm³/mol. The Morgan fingerprint density at radius 3 is 2.47 bits per heavy atom. The van der Waals surface area contributed by atoms with Crippen LogP contribution < -0.4 is 0 Å². The normalized spacial score (nSPS) is 10.4. The zero-order valence-corrected chi connectivity index (χ0v) is 11.9. The van der Waals surface area contributed by atoms with Gasteiger partial charge in [0, 0.05) is 6.04 Å². The van der Waals surface area contributed by atoms with Crippen LogP contribution in [0.25, 0.3) is 0 Å². The van der Waals surface area contributed by atoms with Crippen LogP contribution in [0.15, 0.2) is 6.07 Å². The van der Waals surface area contributed by atoms with Gasteiger partial charge in [-0.1, -0.05) is 0 Å². The number of rotatable bonds is 4. The van der Waals surface area contributed by atoms with Gasteiger partial charge in [0.05, 0.1) is 24.1 Å². The van der Waals surface area contributed by atoms with Crippen LogP contribution in [0.5, 0.6) is 0 Å². The minimum absolute atomic E-state index is 0.0756. The number of methoxy groups -OCH3 is 1. The van der Waals surface area contributed by atoms with Crippen molar-refractivity contribution >= 4 is 11.9 Å². The number of nitrogens with zero attached hydrogens (tertiary/aromatic N) is 3. The molecule has 0 spiro atoms. The molecule has 0 unspecified atom stereocenters. The number of aryl methyl sites for hydroxylation is 2. The van der Waals surface area contributed by atoms with Crippen LogP contribution in [0.4, 0.5) is 0 Å². The minimum Gasteiger partial charge on any atom is -0.468 e. The van der Waals surface area contributed by atoms with E-state index in [1.807, 2.05) is 13.8 Å². The van der Waals surface area contributed by atoms with Gasteiger partial charge >= 0.3 is 5.97 Å². The van der Waals surface area contributed by atoms with Crippen LogP contribution in [0.1, 0.15) is 35.6 Å². The summed E-state index contributed by atoms with van der Waals surface area (Å²) >= 11 is 0. The molecule has 0 fully saturated rings. The summed E-state index contributed by atoms with van der Waals surface area (Å²) < 4.78 is 4.61. The van der Waals surface area contributed by atoms with E-state index in [-0.39, 0.29) is 18.5 Å². The molecule has 0 aromatic carbocycles. The highest BCUT2D eigenvalue weighted by atomic mass is 16.5. The number of aromatic nitrogens is 2. The summed E-state index contributed by atoms with van der Waals surface area (Å²) in [6.07, 6.45) is 0. The van der Waals surface area contributed by atoms with Crippen molar-refractivity contribution in [2.24, 2.45) is 0 Å². The molecule has 1 aromatic rings. The fourth-order valence-corrected chi connectivity index (χ4v) is 1.61. The molecule has 0 saturated heterocycles. The van der Waals surface area contributed by atoms with Crippen LogP contribution in [0.2, 0.25) is 0 Å². The lowest BCUT2D eigenvalue weighted by atomic mass is 10.1. The summed E-state index contributed by atoms with van der Waals surface area (Å²) in [5.74, 6) is -0.686. The molecule has 0 aliphatic heterocycles. The fourth-order valence-electron chi connectivity index (χ4n) is 1.61. The molecule has 1 rings (SSSR count). The first-order valence-corrected chi connectivity index (χ1v) is 6.05. The maximum atomic E-state index is 12.5. The van der Waals surface area contributed by atoms with Gasteiger partial charge in [0.15, 0.2) is 0 Å². The Kier molecular flexibility index (Phi) is 4.97. The first-order valence-electron chi connectivity index (χ1n) is 6.05. The predicted octanol–water partition coefficient (Wildman–Crippen LogP) is 1.12. The van der Waals surface area contributed by atoms with Crippen LogP contribution in [0, 0.1) is 13.8 Å². The highest BCUT2D eigenvalue weighted by Gasteiger charge is 2.23. The number of hydrogen-bond donors (Lipinski definition) is 0. The number of esters is 1. The number of carbonyl (C=O) groups is 2. The third-order valence-electron chi connectivity index (χ3n) is 2.74. The molecule has 0 atom stereocenters. The standard InChI is InChI=1S/C13H19N3O3/c1-8(2)16(7-12(17)19-5)13(18)11-6-9(3)14-15-10(11)4/h6,8H,7H2,1-5H3. The highest BCUT2D eigenvalue weighted by molar-refractivity contribution is 5.97. The van der Waals surface area contributed by atoms with Gasteiger partial charge in [-0.05, 0) is 33.8 Å². The SMILES string of the molecule is COC(=O)CN(C(=O)c1cc(C)nnc1C)C(C)C. The number of ether oxygens (including phenoxy) is 1. The van der Waals surface area contributed by atoms with Crippen molar-refractivity contribution in [3.8, 4) is 0 Å². The lowest BCUT2D eigenvalue weighted by molar-refractivity contribution is -0.141. The van der Waals surface area contributed by atoms with Crippen molar-refractivity contribution in [1.82, 2.24) is 15.1 Å². The summed E-state index contributed by atoms with van der Waals surface area (Å²) in [5.41, 5.74) is 1.67. The van der Waals surface area contributed by atoms with E-state index < -0.39 is 5.97 Å². The van der Waals surface area contributed by atoms with Gasteiger partial charge < -0.3 is 9.64 Å². The average Bonchev–Trinajstić information content (AvgIpc) is 2.37. The zero-order valence-electron chi connectivity index (χ0n) is 11.9. The Labute approximate surface area is 112 Å². The van der Waals surface area contributed by atoms with Gasteiger partial charge in [0.1, 0.15) is 6.54 Å². The third kappa shape index (κ3) is 3.74. The molecule has 0 N–H and O–H groups in total. The minimum atomic E-state index is -0.446. The molecule has 0 aliphatic rings. The molecule has 104 valence electrons. The molecular weight excluding hydrogens is 246 g/mol. The Hall–Kier alpha value is -1.98. The van der Waals surface area contributed by atoms with E-state index in [4.69, 9.17) is 0 Å². The molecule has 0 aliphatic carbocycles. The number of carbonyl (C=O) groups excluding carboxylic acids is 2. The van der Waals surface area contributed by atoms with Crippen LogP contribution in [-0.2, 0) is 9.53 Å². The second-order valence-corrected chi connectivity index (χ2v) is 4.59. The van der Waals surface area contributed by atoms with Gasteiger partial charge in [-0.3, -0.25) is 9.59 Å². The summed E-state index contributed by atoms with van der Waals surface area (Å²) in [6, 6.07) is 1.57. The average molecular weight is 265 g/mol. The van der Waals surface area contributed by atoms with Crippen molar-refractivity contribution in [3.63, 3.8) is 0 Å². The van der Waals surface area contributed by atoms with Crippen molar-refractivity contribution in [2.75, 3.05) is 13.7 Å². The Morgan fingerprint density at radius 2 is 1.95 bits per heavy atom. The van der Waals surface area contributed by atoms with Gasteiger partial charge in [-0.15, -0.1) is 0 Å². The maximum absolute atomic E-state index is 12.5. The Morgan fingerprint density at radius 1 is 1.32 bits per heavy atom. The molecule has 19 heavy (non-hydrogen) atoms. The van der Waals surface area contributed by atoms with E-state index in [2.05, 4.69) is 14.9 Å². The van der Waals surface area contributed by atoms with E-state index in [1.54, 1.807) is 19.9 Å². The van der Waals surface area contributed by atoms with E-state index in [0.29, 0.717) is 17.0 Å². The number of hydrogen-bond acceptors (Lipinski definition) is 5. The summed E-state index contributed by atoms with van der Waals surface area (Å²) in [4.78, 5) is 25.3. The lowest BCUT2D eigenvalue weighted by Gasteiger charge is -2.26. The van der Waals surface area contributed by atoms with Crippen LogP contribution in [0.3, 0.4) is 0 Å². The number of amides is 1. The molecule has 1 heterocycles. The second-order valence-electron chi connectivity index (χ2n) is 4.59.